The zero-order chi connectivity index (χ0) is 17.0. The van der Waals surface area contributed by atoms with E-state index in [-0.39, 0.29) is 27.0 Å². The molecule has 120 valence electrons. The summed E-state index contributed by atoms with van der Waals surface area (Å²) < 4.78 is 4.78. The van der Waals surface area contributed by atoms with Gasteiger partial charge in [-0.3, -0.25) is 4.79 Å². The number of aromatic hydroxyl groups is 2. The predicted molar refractivity (Wildman–Crippen MR) is 85.1 cm³/mol. The van der Waals surface area contributed by atoms with Gasteiger partial charge in [-0.1, -0.05) is 29.3 Å². The Hall–Kier alpha value is -2.44. The van der Waals surface area contributed by atoms with E-state index in [4.69, 9.17) is 33.0 Å². The monoisotopic (exact) mass is 355 g/mol. The highest BCUT2D eigenvalue weighted by Crippen LogP contribution is 2.29. The Morgan fingerprint density at radius 3 is 2.35 bits per heavy atom. The average molecular weight is 356 g/mol. The van der Waals surface area contributed by atoms with E-state index in [1.165, 1.54) is 12.1 Å². The zero-order valence-corrected chi connectivity index (χ0v) is 13.1. The molecule has 0 bridgehead atoms. The van der Waals surface area contributed by atoms with Gasteiger partial charge in [0.05, 0.1) is 15.7 Å². The molecule has 0 unspecified atom stereocenters. The molecular weight excluding hydrogens is 345 g/mol. The molecule has 0 atom stereocenters. The first kappa shape index (κ1) is 16.9. The van der Waals surface area contributed by atoms with Crippen LogP contribution in [0.5, 0.6) is 11.5 Å². The number of esters is 1. The highest BCUT2D eigenvalue weighted by molar-refractivity contribution is 6.39. The first-order valence-electron chi connectivity index (χ1n) is 6.31. The topological polar surface area (TPSA) is 95.9 Å². The predicted octanol–water partition coefficient (Wildman–Crippen LogP) is 3.20. The molecule has 0 saturated heterocycles. The average Bonchev–Trinajstić information content (AvgIpc) is 2.49. The van der Waals surface area contributed by atoms with Gasteiger partial charge in [-0.05, 0) is 24.3 Å². The minimum absolute atomic E-state index is 0.175. The van der Waals surface area contributed by atoms with Gasteiger partial charge in [-0.15, -0.1) is 0 Å². The number of phenols is 2. The Balaban J connectivity index is 1.98. The van der Waals surface area contributed by atoms with Crippen molar-refractivity contribution in [1.82, 2.24) is 0 Å². The summed E-state index contributed by atoms with van der Waals surface area (Å²) in [6.07, 6.45) is 0. The van der Waals surface area contributed by atoms with Crippen LogP contribution < -0.4 is 5.32 Å². The Bertz CT molecular complexity index is 743. The first-order valence-corrected chi connectivity index (χ1v) is 7.07. The number of nitrogens with one attached hydrogen (secondary N) is 1. The standard InChI is InChI=1S/C15H11Cl2NO5/c16-10-2-1-3-11(17)14(10)18-13(21)7-23-15(22)9-5-4-8(19)6-12(9)20/h1-6,19-20H,7H2,(H,18,21). The van der Waals surface area contributed by atoms with Crippen molar-refractivity contribution in [3.63, 3.8) is 0 Å². The van der Waals surface area contributed by atoms with Crippen LogP contribution in [-0.4, -0.2) is 28.7 Å². The Morgan fingerprint density at radius 1 is 1.09 bits per heavy atom. The fourth-order valence-electron chi connectivity index (χ4n) is 1.69. The maximum Gasteiger partial charge on any atom is 0.342 e. The number of hydrogen-bond acceptors (Lipinski definition) is 5. The summed E-state index contributed by atoms with van der Waals surface area (Å²) in [7, 11) is 0. The van der Waals surface area contributed by atoms with Crippen LogP contribution in [0.3, 0.4) is 0 Å². The van der Waals surface area contributed by atoms with Crippen molar-refractivity contribution in [3.05, 3.63) is 52.0 Å². The maximum absolute atomic E-state index is 11.8. The summed E-state index contributed by atoms with van der Waals surface area (Å²) in [5.74, 6) is -2.22. The van der Waals surface area contributed by atoms with Gasteiger partial charge in [0.1, 0.15) is 17.1 Å². The molecule has 2 rings (SSSR count). The van der Waals surface area contributed by atoms with E-state index in [0.717, 1.165) is 6.07 Å². The van der Waals surface area contributed by atoms with Gasteiger partial charge in [0.25, 0.3) is 5.91 Å². The normalized spacial score (nSPS) is 10.2. The lowest BCUT2D eigenvalue weighted by molar-refractivity contribution is -0.119. The quantitative estimate of drug-likeness (QED) is 0.731. The first-order chi connectivity index (χ1) is 10.9. The van der Waals surface area contributed by atoms with E-state index >= 15 is 0 Å². The van der Waals surface area contributed by atoms with Crippen LogP contribution in [0.1, 0.15) is 10.4 Å². The number of carbonyl (C=O) groups is 2. The van der Waals surface area contributed by atoms with Crippen molar-refractivity contribution in [2.24, 2.45) is 0 Å². The summed E-state index contributed by atoms with van der Waals surface area (Å²) in [6, 6.07) is 8.08. The van der Waals surface area contributed by atoms with Gasteiger partial charge < -0.3 is 20.3 Å². The second-order valence-electron chi connectivity index (χ2n) is 4.42. The number of para-hydroxylation sites is 1. The molecule has 23 heavy (non-hydrogen) atoms. The van der Waals surface area contributed by atoms with Crippen LogP contribution in [0, 0.1) is 0 Å². The lowest BCUT2D eigenvalue weighted by Gasteiger charge is -2.10. The van der Waals surface area contributed by atoms with E-state index in [2.05, 4.69) is 5.32 Å². The van der Waals surface area contributed by atoms with Crippen molar-refractivity contribution in [2.45, 2.75) is 0 Å². The highest BCUT2D eigenvalue weighted by atomic mass is 35.5. The number of anilines is 1. The number of phenolic OH excluding ortho intramolecular Hbond substituents is 2. The van der Waals surface area contributed by atoms with Crippen molar-refractivity contribution in [2.75, 3.05) is 11.9 Å². The van der Waals surface area contributed by atoms with Crippen molar-refractivity contribution in [1.29, 1.82) is 0 Å². The molecule has 0 aromatic heterocycles. The second-order valence-corrected chi connectivity index (χ2v) is 5.24. The van der Waals surface area contributed by atoms with Gasteiger partial charge in [0.15, 0.2) is 6.61 Å². The van der Waals surface area contributed by atoms with Crippen LogP contribution in [0.25, 0.3) is 0 Å². The second kappa shape index (κ2) is 7.21. The summed E-state index contributed by atoms with van der Waals surface area (Å²) in [6.45, 7) is -0.597. The van der Waals surface area contributed by atoms with E-state index in [1.807, 2.05) is 0 Å². The molecule has 8 heteroatoms. The number of amides is 1. The molecule has 0 spiro atoms. The molecule has 0 saturated carbocycles. The minimum Gasteiger partial charge on any atom is -0.508 e. The van der Waals surface area contributed by atoms with Crippen LogP contribution in [-0.2, 0) is 9.53 Å². The highest BCUT2D eigenvalue weighted by Gasteiger charge is 2.16. The molecule has 0 fully saturated rings. The van der Waals surface area contributed by atoms with E-state index in [1.54, 1.807) is 18.2 Å². The van der Waals surface area contributed by atoms with Gasteiger partial charge in [-0.25, -0.2) is 4.79 Å². The molecule has 0 aliphatic rings. The number of hydrogen-bond donors (Lipinski definition) is 3. The summed E-state index contributed by atoms with van der Waals surface area (Å²) in [4.78, 5) is 23.6. The third kappa shape index (κ3) is 4.28. The van der Waals surface area contributed by atoms with Gasteiger partial charge in [-0.2, -0.15) is 0 Å². The lowest BCUT2D eigenvalue weighted by Crippen LogP contribution is -2.21. The molecule has 0 aliphatic heterocycles. The maximum atomic E-state index is 11.8. The molecule has 0 aliphatic carbocycles. The van der Waals surface area contributed by atoms with Crippen LogP contribution >= 0.6 is 23.2 Å². The fraction of sp³-hybridized carbons (Fsp3) is 0.0667. The molecule has 0 radical (unpaired) electrons. The van der Waals surface area contributed by atoms with Crippen LogP contribution in [0.4, 0.5) is 5.69 Å². The van der Waals surface area contributed by atoms with Crippen molar-refractivity contribution >= 4 is 40.8 Å². The van der Waals surface area contributed by atoms with Gasteiger partial charge in [0.2, 0.25) is 0 Å². The summed E-state index contributed by atoms with van der Waals surface area (Å²) in [5, 5.41) is 21.6. The SMILES string of the molecule is O=C(COC(=O)c1ccc(O)cc1O)Nc1c(Cl)cccc1Cl. The molecule has 3 N–H and O–H groups in total. The molecule has 2 aromatic rings. The Kier molecular flexibility index (Phi) is 5.31. The van der Waals surface area contributed by atoms with Crippen molar-refractivity contribution in [3.8, 4) is 11.5 Å². The number of ether oxygens (including phenoxy) is 1. The number of halogens is 2. The number of benzene rings is 2. The van der Waals surface area contributed by atoms with Gasteiger partial charge in [0, 0.05) is 6.07 Å². The Labute approximate surface area is 141 Å². The number of carbonyl (C=O) groups excluding carboxylic acids is 2. The smallest absolute Gasteiger partial charge is 0.342 e. The Morgan fingerprint density at radius 2 is 1.74 bits per heavy atom. The fourth-order valence-corrected chi connectivity index (χ4v) is 2.19. The lowest BCUT2D eigenvalue weighted by atomic mass is 10.2. The molecule has 0 heterocycles. The molecular formula is C15H11Cl2NO5. The summed E-state index contributed by atoms with van der Waals surface area (Å²) >= 11 is 11.8. The number of rotatable bonds is 4. The molecule has 2 aromatic carbocycles. The molecule has 1 amide bonds. The van der Waals surface area contributed by atoms with Crippen LogP contribution in [0.2, 0.25) is 10.0 Å². The third-order valence-corrected chi connectivity index (χ3v) is 3.39. The third-order valence-electron chi connectivity index (χ3n) is 2.76. The minimum atomic E-state index is -0.914. The van der Waals surface area contributed by atoms with E-state index in [9.17, 15) is 14.7 Å². The van der Waals surface area contributed by atoms with Crippen molar-refractivity contribution < 1.29 is 24.5 Å². The van der Waals surface area contributed by atoms with Gasteiger partial charge >= 0.3 is 5.97 Å². The van der Waals surface area contributed by atoms with E-state index < -0.39 is 24.2 Å². The van der Waals surface area contributed by atoms with Crippen LogP contribution in [0.15, 0.2) is 36.4 Å². The molecule has 6 nitrogen and oxygen atoms in total. The largest absolute Gasteiger partial charge is 0.508 e. The van der Waals surface area contributed by atoms with E-state index in [0.29, 0.717) is 0 Å². The zero-order valence-electron chi connectivity index (χ0n) is 11.5. The summed E-state index contributed by atoms with van der Waals surface area (Å²) in [5.41, 5.74) is 0.0377.